The summed E-state index contributed by atoms with van der Waals surface area (Å²) in [6.45, 7) is 1.12. The van der Waals surface area contributed by atoms with Gasteiger partial charge in [0.2, 0.25) is 5.91 Å². The van der Waals surface area contributed by atoms with Crippen molar-refractivity contribution < 1.29 is 35.9 Å². The topological polar surface area (TPSA) is 92.8 Å². The van der Waals surface area contributed by atoms with Gasteiger partial charge in [-0.1, -0.05) is 19.4 Å². The summed E-state index contributed by atoms with van der Waals surface area (Å²) in [7, 11) is -3.40. The first kappa shape index (κ1) is 24.0. The largest absolute Gasteiger partial charge is 0.485 e. The van der Waals surface area contributed by atoms with E-state index in [0.29, 0.717) is 31.4 Å². The van der Waals surface area contributed by atoms with Gasteiger partial charge in [0.1, 0.15) is 13.2 Å². The smallest absolute Gasteiger partial charge is 0.324 e. The number of sulfone groups is 1. The van der Waals surface area contributed by atoms with Crippen molar-refractivity contribution in [2.75, 3.05) is 31.2 Å². The van der Waals surface area contributed by atoms with Gasteiger partial charge in [0.05, 0.1) is 11.5 Å². The number of amides is 3. The predicted molar refractivity (Wildman–Crippen MR) is 104 cm³/mol. The number of ether oxygens (including phenoxy) is 1. The van der Waals surface area contributed by atoms with Gasteiger partial charge in [0, 0.05) is 6.54 Å². The van der Waals surface area contributed by atoms with Gasteiger partial charge >= 0.3 is 6.03 Å². The van der Waals surface area contributed by atoms with E-state index in [-0.39, 0.29) is 29.7 Å². The Balaban J connectivity index is 1.79. The fraction of sp³-hybridized carbons (Fsp3) is 0.579. The molecule has 1 aliphatic rings. The molecule has 1 saturated heterocycles. The first-order chi connectivity index (χ1) is 14.1. The van der Waals surface area contributed by atoms with Crippen LogP contribution in [0.1, 0.15) is 37.7 Å². The fourth-order valence-corrected chi connectivity index (χ4v) is 4.88. The highest BCUT2D eigenvalue weighted by Gasteiger charge is 2.25. The van der Waals surface area contributed by atoms with E-state index >= 15 is 0 Å². The van der Waals surface area contributed by atoms with E-state index in [1.165, 1.54) is 17.0 Å². The molecule has 168 valence electrons. The Kier molecular flexibility index (Phi) is 8.51. The monoisotopic (exact) mass is 450 g/mol. The molecule has 30 heavy (non-hydrogen) atoms. The maximum absolute atomic E-state index is 13.7. The Morgan fingerprint density at radius 1 is 1.20 bits per heavy atom. The van der Waals surface area contributed by atoms with Crippen LogP contribution in [0.15, 0.2) is 18.2 Å². The third kappa shape index (κ3) is 7.51. The molecule has 2 rings (SSSR count). The van der Waals surface area contributed by atoms with Crippen LogP contribution in [0.2, 0.25) is 0 Å². The van der Waals surface area contributed by atoms with Crippen molar-refractivity contribution in [1.29, 1.82) is 0 Å². The number of halogens is 3. The maximum atomic E-state index is 13.7. The summed E-state index contributed by atoms with van der Waals surface area (Å²) < 4.78 is 67.7. The van der Waals surface area contributed by atoms with Crippen molar-refractivity contribution >= 4 is 21.8 Å². The van der Waals surface area contributed by atoms with Gasteiger partial charge < -0.3 is 9.64 Å². The molecule has 1 aliphatic heterocycles. The zero-order valence-electron chi connectivity index (χ0n) is 16.6. The summed E-state index contributed by atoms with van der Waals surface area (Å²) in [6, 6.07) is 3.30. The van der Waals surface area contributed by atoms with Crippen LogP contribution < -0.4 is 10.1 Å². The quantitative estimate of drug-likeness (QED) is 0.391. The number of nitrogens with zero attached hydrogens (tertiary/aromatic N) is 1. The fourth-order valence-electron chi connectivity index (χ4n) is 3.12. The molecule has 11 heteroatoms. The van der Waals surface area contributed by atoms with Crippen molar-refractivity contribution in [3.63, 3.8) is 0 Å². The van der Waals surface area contributed by atoms with Gasteiger partial charge in [-0.25, -0.2) is 26.4 Å². The van der Waals surface area contributed by atoms with E-state index in [4.69, 9.17) is 4.74 Å². The molecule has 0 unspecified atom stereocenters. The number of hydrogen-bond donors (Lipinski definition) is 1. The van der Waals surface area contributed by atoms with Gasteiger partial charge in [0.15, 0.2) is 21.4 Å². The summed E-state index contributed by atoms with van der Waals surface area (Å²) in [5.41, 5.74) is 0.481. The second kappa shape index (κ2) is 10.6. The number of imide groups is 1. The van der Waals surface area contributed by atoms with Crippen LogP contribution in [0.5, 0.6) is 5.75 Å². The minimum Gasteiger partial charge on any atom is -0.485 e. The Labute approximate surface area is 173 Å². The third-order valence-electron chi connectivity index (χ3n) is 4.64. The van der Waals surface area contributed by atoms with Crippen LogP contribution >= 0.6 is 0 Å². The average molecular weight is 450 g/mol. The molecule has 0 bridgehead atoms. The number of alkyl halides is 2. The molecule has 0 spiro atoms. The van der Waals surface area contributed by atoms with Gasteiger partial charge in [-0.3, -0.25) is 10.1 Å². The van der Waals surface area contributed by atoms with Crippen LogP contribution in [0, 0.1) is 5.82 Å². The lowest BCUT2D eigenvalue weighted by Gasteiger charge is -2.15. The molecule has 1 heterocycles. The number of carbonyl (C=O) groups excluding carboxylic acids is 2. The first-order valence-corrected chi connectivity index (χ1v) is 11.4. The highest BCUT2D eigenvalue weighted by Crippen LogP contribution is 2.26. The molecule has 0 saturated carbocycles. The summed E-state index contributed by atoms with van der Waals surface area (Å²) in [5.74, 6) is -2.15. The van der Waals surface area contributed by atoms with Crippen molar-refractivity contribution in [3.05, 3.63) is 29.6 Å². The van der Waals surface area contributed by atoms with Crippen LogP contribution in [-0.4, -0.2) is 62.9 Å². The van der Waals surface area contributed by atoms with Crippen LogP contribution in [0.3, 0.4) is 0 Å². The van der Waals surface area contributed by atoms with Crippen molar-refractivity contribution in [2.24, 2.45) is 0 Å². The molecular weight excluding hydrogens is 425 g/mol. The Hall–Kier alpha value is -2.30. The van der Waals surface area contributed by atoms with E-state index in [1.807, 2.05) is 0 Å². The number of urea groups is 1. The standard InChI is InChI=1S/C19H25F3N2O5S/c1-13(14-5-6-15(20)16(9-14)29-11-17(21)22)12-30(27,28)8-4-2-3-7-24-10-18(25)23-19(24)26/h5-6,9,13,17H,2-4,7-8,10-12H2,1H3,(H,23,25,26)/t13-/m0/s1. The normalized spacial score (nSPS) is 15.6. The van der Waals surface area contributed by atoms with Crippen molar-refractivity contribution in [3.8, 4) is 5.75 Å². The van der Waals surface area contributed by atoms with Crippen LogP contribution in [0.4, 0.5) is 18.0 Å². The van der Waals surface area contributed by atoms with E-state index in [9.17, 15) is 31.2 Å². The number of rotatable bonds is 12. The summed E-state index contributed by atoms with van der Waals surface area (Å²) in [5, 5.41) is 2.17. The number of unbranched alkanes of at least 4 members (excludes halogenated alkanes) is 2. The predicted octanol–water partition coefficient (Wildman–Crippen LogP) is 2.71. The molecule has 0 aromatic heterocycles. The van der Waals surface area contributed by atoms with Crippen LogP contribution in [-0.2, 0) is 14.6 Å². The molecule has 1 N–H and O–H groups in total. The number of nitrogens with one attached hydrogen (secondary N) is 1. The summed E-state index contributed by atoms with van der Waals surface area (Å²) >= 11 is 0. The highest BCUT2D eigenvalue weighted by atomic mass is 32.2. The summed E-state index contributed by atoms with van der Waals surface area (Å²) in [4.78, 5) is 23.9. The average Bonchev–Trinajstić information content (AvgIpc) is 2.97. The molecule has 1 atom stereocenters. The lowest BCUT2D eigenvalue weighted by Crippen LogP contribution is -2.29. The molecule has 1 aromatic rings. The first-order valence-electron chi connectivity index (χ1n) is 9.57. The molecule has 1 aromatic carbocycles. The Morgan fingerprint density at radius 3 is 2.57 bits per heavy atom. The zero-order chi connectivity index (χ0) is 22.3. The van der Waals surface area contributed by atoms with E-state index in [0.717, 1.165) is 6.07 Å². The SMILES string of the molecule is C[C@@H](CS(=O)(=O)CCCCCN1CC(=O)NC1=O)c1ccc(F)c(OCC(F)F)c1. The van der Waals surface area contributed by atoms with Crippen molar-refractivity contribution in [2.45, 2.75) is 38.5 Å². The van der Waals surface area contributed by atoms with Crippen LogP contribution in [0.25, 0.3) is 0 Å². The number of benzene rings is 1. The molecule has 1 fully saturated rings. The van der Waals surface area contributed by atoms with Gasteiger partial charge in [0.25, 0.3) is 6.43 Å². The van der Waals surface area contributed by atoms with E-state index in [2.05, 4.69) is 5.32 Å². The molecule has 3 amide bonds. The van der Waals surface area contributed by atoms with E-state index < -0.39 is 40.6 Å². The second-order valence-electron chi connectivity index (χ2n) is 7.24. The maximum Gasteiger partial charge on any atom is 0.324 e. The number of carbonyl (C=O) groups is 2. The second-order valence-corrected chi connectivity index (χ2v) is 9.47. The zero-order valence-corrected chi connectivity index (χ0v) is 17.4. The third-order valence-corrected chi connectivity index (χ3v) is 6.56. The highest BCUT2D eigenvalue weighted by molar-refractivity contribution is 7.91. The molecular formula is C19H25F3N2O5S. The Morgan fingerprint density at radius 2 is 1.93 bits per heavy atom. The minimum absolute atomic E-state index is 0.0231. The lowest BCUT2D eigenvalue weighted by atomic mass is 10.0. The molecule has 0 radical (unpaired) electrons. The Bertz CT molecular complexity index is 864. The van der Waals surface area contributed by atoms with Gasteiger partial charge in [-0.2, -0.15) is 0 Å². The molecule has 0 aliphatic carbocycles. The van der Waals surface area contributed by atoms with E-state index in [1.54, 1.807) is 6.92 Å². The lowest BCUT2D eigenvalue weighted by molar-refractivity contribution is -0.118. The van der Waals surface area contributed by atoms with Gasteiger partial charge in [-0.05, 0) is 36.5 Å². The van der Waals surface area contributed by atoms with Gasteiger partial charge in [-0.15, -0.1) is 0 Å². The van der Waals surface area contributed by atoms with Crippen molar-refractivity contribution in [1.82, 2.24) is 10.2 Å². The minimum atomic E-state index is -3.40. The number of hydrogen-bond acceptors (Lipinski definition) is 5. The molecule has 7 nitrogen and oxygen atoms in total. The summed E-state index contributed by atoms with van der Waals surface area (Å²) in [6.07, 6.45) is -1.18.